The monoisotopic (exact) mass is 553 g/mol. The number of nitrogens with two attached hydrogens (primary N) is 1. The molecule has 0 unspecified atom stereocenters. The van der Waals surface area contributed by atoms with Crippen LogP contribution in [0.25, 0.3) is 22.0 Å². The molecular weight excluding hydrogens is 514 g/mol. The van der Waals surface area contributed by atoms with Crippen LogP contribution in [-0.4, -0.2) is 70.1 Å². The van der Waals surface area contributed by atoms with Crippen molar-refractivity contribution in [1.29, 1.82) is 5.41 Å². The maximum Gasteiger partial charge on any atom is 0.170 e. The molecule has 2 fully saturated rings. The Balaban J connectivity index is 1.16. The van der Waals surface area contributed by atoms with E-state index < -0.39 is 0 Å². The van der Waals surface area contributed by atoms with Gasteiger partial charge in [0.25, 0.3) is 0 Å². The van der Waals surface area contributed by atoms with Gasteiger partial charge in [0.05, 0.1) is 31.0 Å². The van der Waals surface area contributed by atoms with Gasteiger partial charge in [-0.05, 0) is 49.1 Å². The first-order chi connectivity index (χ1) is 20.0. The lowest BCUT2D eigenvalue weighted by Gasteiger charge is -2.37. The van der Waals surface area contributed by atoms with E-state index in [1.165, 1.54) is 11.3 Å². The molecule has 4 heterocycles. The molecule has 1 spiro atoms. The average Bonchev–Trinajstić information content (AvgIpc) is 3.69. The van der Waals surface area contributed by atoms with Crippen LogP contribution >= 0.6 is 0 Å². The number of aromatic nitrogens is 3. The van der Waals surface area contributed by atoms with Crippen LogP contribution in [0.2, 0.25) is 0 Å². The molecule has 9 heteroatoms. The van der Waals surface area contributed by atoms with Gasteiger partial charge in [0.2, 0.25) is 0 Å². The van der Waals surface area contributed by atoms with Crippen molar-refractivity contribution in [1.82, 2.24) is 19.2 Å². The van der Waals surface area contributed by atoms with Crippen molar-refractivity contribution in [2.24, 2.45) is 17.8 Å². The zero-order valence-electron chi connectivity index (χ0n) is 23.8. The van der Waals surface area contributed by atoms with Crippen LogP contribution in [0, 0.1) is 5.41 Å². The van der Waals surface area contributed by atoms with E-state index in [-0.39, 0.29) is 5.79 Å². The van der Waals surface area contributed by atoms with Crippen LogP contribution in [0.15, 0.2) is 65.8 Å². The highest BCUT2D eigenvalue weighted by atomic mass is 16.7. The minimum absolute atomic E-state index is 0.312. The van der Waals surface area contributed by atoms with E-state index in [4.69, 9.17) is 25.7 Å². The Morgan fingerprint density at radius 1 is 1.07 bits per heavy atom. The summed E-state index contributed by atoms with van der Waals surface area (Å²) < 4.78 is 15.9. The van der Waals surface area contributed by atoms with Gasteiger partial charge < -0.3 is 24.7 Å². The van der Waals surface area contributed by atoms with E-state index in [9.17, 15) is 0 Å². The zero-order chi connectivity index (χ0) is 28.2. The van der Waals surface area contributed by atoms with Crippen molar-refractivity contribution < 1.29 is 9.47 Å². The number of hydrogen-bond donors (Lipinski definition) is 2. The summed E-state index contributed by atoms with van der Waals surface area (Å²) in [5.74, 6) is 0.0323. The number of piperidine rings is 1. The van der Waals surface area contributed by atoms with E-state index in [0.29, 0.717) is 5.84 Å². The van der Waals surface area contributed by atoms with Crippen LogP contribution in [0.3, 0.4) is 0 Å². The molecule has 4 aromatic rings. The number of nitrogens with one attached hydrogen (secondary N) is 1. The van der Waals surface area contributed by atoms with Gasteiger partial charge in [-0.1, -0.05) is 42.5 Å². The molecular formula is C32H39N7O2. The van der Waals surface area contributed by atoms with Gasteiger partial charge in [-0.3, -0.25) is 10.1 Å². The van der Waals surface area contributed by atoms with Crippen LogP contribution in [0.4, 0.5) is 0 Å². The van der Waals surface area contributed by atoms with Gasteiger partial charge in [-0.15, -0.1) is 0 Å². The molecule has 2 aliphatic heterocycles. The van der Waals surface area contributed by atoms with Gasteiger partial charge in [-0.25, -0.2) is 4.99 Å². The van der Waals surface area contributed by atoms with Crippen LogP contribution < -0.4 is 5.73 Å². The first-order valence-electron chi connectivity index (χ1n) is 14.6. The molecule has 2 aromatic heterocycles. The number of aryl methyl sites for hydroxylation is 1. The molecule has 0 amide bonds. The fourth-order valence-electron chi connectivity index (χ4n) is 6.19. The molecule has 2 aliphatic rings. The maximum absolute atomic E-state index is 7.49. The lowest BCUT2D eigenvalue weighted by Crippen LogP contribution is -2.45. The first kappa shape index (κ1) is 27.4. The van der Waals surface area contributed by atoms with Crippen LogP contribution in [0.5, 0.6) is 0 Å². The van der Waals surface area contributed by atoms with E-state index >= 15 is 0 Å². The number of likely N-dealkylation sites (tertiary alicyclic amines) is 1. The Morgan fingerprint density at radius 3 is 2.61 bits per heavy atom. The lowest BCUT2D eigenvalue weighted by molar-refractivity contribution is -0.185. The van der Waals surface area contributed by atoms with Gasteiger partial charge in [-0.2, -0.15) is 5.10 Å². The fourth-order valence-corrected chi connectivity index (χ4v) is 6.19. The average molecular weight is 554 g/mol. The number of benzene rings is 2. The summed E-state index contributed by atoms with van der Waals surface area (Å²) in [7, 11) is 2.04. The number of rotatable bonds is 10. The molecule has 41 heavy (non-hydrogen) atoms. The van der Waals surface area contributed by atoms with Crippen molar-refractivity contribution >= 4 is 23.1 Å². The third-order valence-electron chi connectivity index (χ3n) is 8.42. The summed E-state index contributed by atoms with van der Waals surface area (Å²) in [6, 6.07) is 18.9. The molecule has 3 N–H and O–H groups in total. The van der Waals surface area contributed by atoms with E-state index in [0.717, 1.165) is 106 Å². The highest BCUT2D eigenvalue weighted by Gasteiger charge is 2.39. The number of aliphatic imine (C=N–C) groups is 1. The smallest absolute Gasteiger partial charge is 0.170 e. The Kier molecular flexibility index (Phi) is 8.00. The third kappa shape index (κ3) is 5.98. The van der Waals surface area contributed by atoms with Gasteiger partial charge in [0.15, 0.2) is 5.79 Å². The van der Waals surface area contributed by atoms with Crippen molar-refractivity contribution in [3.63, 3.8) is 0 Å². The van der Waals surface area contributed by atoms with Gasteiger partial charge in [0.1, 0.15) is 12.2 Å². The van der Waals surface area contributed by atoms with E-state index in [1.807, 2.05) is 17.8 Å². The number of hydrogen-bond acceptors (Lipinski definition) is 5. The van der Waals surface area contributed by atoms with Crippen LogP contribution in [-0.2, 0) is 29.5 Å². The van der Waals surface area contributed by atoms with Crippen molar-refractivity contribution in [3.8, 4) is 11.1 Å². The molecule has 0 aliphatic carbocycles. The molecule has 6 rings (SSSR count). The number of unbranched alkanes of at least 4 members (excludes halogenated alkanes) is 1. The molecule has 2 saturated heterocycles. The van der Waals surface area contributed by atoms with Crippen LogP contribution in [0.1, 0.15) is 42.6 Å². The molecule has 0 saturated carbocycles. The standard InChI is InChI=1S/C32H39N7O2/c1-37-27(9-5-6-14-38-15-12-32(13-16-38)40-17-18-41-32)20-28(30(37)31(34)35-23-33)25-10-11-26-22-39(36-29(26)19-25)21-24-7-3-2-4-8-24/h2-4,7-8,10-11,19-20,22-23H,5-6,9,12-18,21H2,1H3,(H3,33,34,35). The maximum atomic E-state index is 7.49. The topological polar surface area (TPSA) is 107 Å². The normalized spacial score (nSPS) is 17.5. The first-order valence-corrected chi connectivity index (χ1v) is 14.6. The summed E-state index contributed by atoms with van der Waals surface area (Å²) in [4.78, 5) is 6.65. The molecule has 2 aromatic carbocycles. The zero-order valence-corrected chi connectivity index (χ0v) is 23.8. The largest absolute Gasteiger partial charge is 0.382 e. The highest BCUT2D eigenvalue weighted by Crippen LogP contribution is 2.32. The molecule has 9 nitrogen and oxygen atoms in total. The third-order valence-corrected chi connectivity index (χ3v) is 8.42. The minimum atomic E-state index is -0.312. The van der Waals surface area contributed by atoms with Gasteiger partial charge >= 0.3 is 0 Å². The highest BCUT2D eigenvalue weighted by molar-refractivity contribution is 6.05. The summed E-state index contributed by atoms with van der Waals surface area (Å²) in [5, 5.41) is 13.4. The summed E-state index contributed by atoms with van der Waals surface area (Å²) in [6.45, 7) is 5.31. The van der Waals surface area contributed by atoms with Crippen molar-refractivity contribution in [3.05, 3.63) is 77.7 Å². The fraction of sp³-hybridized carbons (Fsp3) is 0.406. The SMILES string of the molecule is Cn1c(CCCCN2CCC3(CC2)OCCO3)cc(-c2ccc3cn(Cc4ccccc4)nc3c2)c1/C(N)=N\C=N. The van der Waals surface area contributed by atoms with E-state index in [1.54, 1.807) is 0 Å². The second-order valence-electron chi connectivity index (χ2n) is 11.1. The summed E-state index contributed by atoms with van der Waals surface area (Å²) in [5.41, 5.74) is 12.7. The van der Waals surface area contributed by atoms with Crippen molar-refractivity contribution in [2.45, 2.75) is 44.4 Å². The Labute approximate surface area is 241 Å². The molecule has 0 bridgehead atoms. The van der Waals surface area contributed by atoms with Crippen molar-refractivity contribution in [2.75, 3.05) is 32.8 Å². The Bertz CT molecular complexity index is 1520. The number of fused-ring (bicyclic) bond motifs is 1. The molecule has 0 atom stereocenters. The predicted octanol–water partition coefficient (Wildman–Crippen LogP) is 4.56. The van der Waals surface area contributed by atoms with Gasteiger partial charge in [0, 0.05) is 55.8 Å². The van der Waals surface area contributed by atoms with E-state index in [2.05, 4.69) is 69.2 Å². The molecule has 0 radical (unpaired) electrons. The summed E-state index contributed by atoms with van der Waals surface area (Å²) >= 11 is 0. The second kappa shape index (κ2) is 12.0. The number of amidine groups is 1. The lowest BCUT2D eigenvalue weighted by atomic mass is 10.0. The Morgan fingerprint density at radius 2 is 1.85 bits per heavy atom. The second-order valence-corrected chi connectivity index (χ2v) is 11.1. The Hall–Kier alpha value is -3.79. The molecule has 214 valence electrons. The minimum Gasteiger partial charge on any atom is -0.382 e. The summed E-state index contributed by atoms with van der Waals surface area (Å²) in [6.07, 6.45) is 8.15. The quantitative estimate of drug-likeness (QED) is 0.170. The number of nitrogens with zero attached hydrogens (tertiary/aromatic N) is 5. The number of ether oxygens (including phenoxy) is 2. The predicted molar refractivity (Wildman–Crippen MR) is 162 cm³/mol.